The monoisotopic (exact) mass is 522 g/mol. The highest BCUT2D eigenvalue weighted by atomic mass is 16.3. The Balaban J connectivity index is 1.19. The van der Waals surface area contributed by atoms with E-state index in [0.717, 1.165) is 45.3 Å². The minimum Gasteiger partial charge on any atom is -0.508 e. The largest absolute Gasteiger partial charge is 0.508 e. The molecule has 1 spiro atoms. The van der Waals surface area contributed by atoms with Crippen LogP contribution in [0, 0.1) is 5.41 Å². The molecular formula is C35H42N2O2. The predicted molar refractivity (Wildman–Crippen MR) is 159 cm³/mol. The fraction of sp³-hybridized carbons (Fsp3) is 0.457. The number of nitrogens with zero attached hydrogens (tertiary/aromatic N) is 2. The summed E-state index contributed by atoms with van der Waals surface area (Å²) in [6.45, 7) is 4.98. The summed E-state index contributed by atoms with van der Waals surface area (Å²) < 4.78 is 0. The summed E-state index contributed by atoms with van der Waals surface area (Å²) in [4.78, 5) is 16.1. The second-order valence-corrected chi connectivity index (χ2v) is 12.2. The highest BCUT2D eigenvalue weighted by Crippen LogP contribution is 2.47. The van der Waals surface area contributed by atoms with E-state index in [2.05, 4.69) is 70.5 Å². The average Bonchev–Trinajstić information content (AvgIpc) is 2.95. The van der Waals surface area contributed by atoms with Crippen LogP contribution < -0.4 is 4.90 Å². The molecule has 2 fully saturated rings. The Hall–Kier alpha value is -3.11. The number of carbonyl (C=O) groups is 1. The van der Waals surface area contributed by atoms with Crippen LogP contribution in [-0.2, 0) is 11.2 Å². The second-order valence-electron chi connectivity index (χ2n) is 12.2. The normalized spacial score (nSPS) is 23.5. The Kier molecular flexibility index (Phi) is 7.74. The Morgan fingerprint density at radius 3 is 2.28 bits per heavy atom. The molecule has 4 nitrogen and oxygen atoms in total. The summed E-state index contributed by atoms with van der Waals surface area (Å²) in [5, 5.41) is 10.1. The van der Waals surface area contributed by atoms with E-state index in [9.17, 15) is 9.90 Å². The SMILES string of the molecule is O=CCN1CCCC2(CCCN(c3ccc(C4c5ccc(O)cc5CC[C@H]4c4ccccc4)cc3)CCC2)C1. The van der Waals surface area contributed by atoms with E-state index in [1.807, 2.05) is 12.1 Å². The third-order valence-electron chi connectivity index (χ3n) is 9.78. The van der Waals surface area contributed by atoms with E-state index in [0.29, 0.717) is 29.5 Å². The Morgan fingerprint density at radius 2 is 1.56 bits per heavy atom. The summed E-state index contributed by atoms with van der Waals surface area (Å²) in [6.07, 6.45) is 10.7. The summed E-state index contributed by atoms with van der Waals surface area (Å²) in [6, 6.07) is 26.3. The lowest BCUT2D eigenvalue weighted by Gasteiger charge is -2.45. The molecular weight excluding hydrogens is 480 g/mol. The molecule has 6 rings (SSSR count). The molecule has 1 unspecified atom stereocenters. The number of hydrogen-bond donors (Lipinski definition) is 1. The first kappa shape index (κ1) is 26.1. The number of hydrogen-bond acceptors (Lipinski definition) is 4. The Bertz CT molecular complexity index is 1250. The molecule has 2 saturated heterocycles. The average molecular weight is 523 g/mol. The number of benzene rings is 3. The molecule has 3 aromatic carbocycles. The number of phenolic OH excluding ortho intramolecular Hbond substituents is 1. The number of aromatic hydroxyl groups is 1. The number of likely N-dealkylation sites (tertiary alicyclic amines) is 1. The maximum absolute atomic E-state index is 11.1. The van der Waals surface area contributed by atoms with Gasteiger partial charge in [-0.1, -0.05) is 48.5 Å². The molecule has 2 heterocycles. The molecule has 2 aliphatic heterocycles. The number of piperidine rings is 1. The van der Waals surface area contributed by atoms with Crippen molar-refractivity contribution in [2.45, 2.75) is 63.2 Å². The van der Waals surface area contributed by atoms with Crippen LogP contribution in [-0.4, -0.2) is 49.0 Å². The quantitative estimate of drug-likeness (QED) is 0.370. The van der Waals surface area contributed by atoms with Crippen molar-refractivity contribution < 1.29 is 9.90 Å². The van der Waals surface area contributed by atoms with Crippen molar-refractivity contribution in [3.05, 3.63) is 95.1 Å². The van der Waals surface area contributed by atoms with Crippen molar-refractivity contribution in [2.75, 3.05) is 37.6 Å². The second kappa shape index (κ2) is 11.6. The highest BCUT2D eigenvalue weighted by molar-refractivity contribution is 5.53. The zero-order valence-corrected chi connectivity index (χ0v) is 23.1. The Morgan fingerprint density at radius 1 is 0.846 bits per heavy atom. The van der Waals surface area contributed by atoms with Crippen molar-refractivity contribution in [1.82, 2.24) is 4.90 Å². The lowest BCUT2D eigenvalue weighted by Crippen LogP contribution is -2.45. The van der Waals surface area contributed by atoms with Crippen molar-refractivity contribution in [3.63, 3.8) is 0 Å². The first-order chi connectivity index (χ1) is 19.1. The van der Waals surface area contributed by atoms with Gasteiger partial charge in [-0.3, -0.25) is 4.90 Å². The van der Waals surface area contributed by atoms with Gasteiger partial charge in [-0.15, -0.1) is 0 Å². The number of carbonyl (C=O) groups excluding carboxylic acids is 1. The van der Waals surface area contributed by atoms with Gasteiger partial charge in [-0.25, -0.2) is 0 Å². The van der Waals surface area contributed by atoms with E-state index in [1.165, 1.54) is 66.5 Å². The standard InChI is InChI=1S/C35H42N2O2/c38-24-23-36-20-4-17-35(26-36)18-5-21-37(22-6-19-35)30-12-9-28(10-13-30)34-32(27-7-2-1-3-8-27)15-11-29-25-31(39)14-16-33(29)34/h1-3,7-10,12-14,16,24-25,32,34,39H,4-6,11,15,17-23,26H2/t32-,34?/m0/s1. The first-order valence-electron chi connectivity index (χ1n) is 15.0. The van der Waals surface area contributed by atoms with Gasteiger partial charge in [-0.05, 0) is 116 Å². The van der Waals surface area contributed by atoms with Gasteiger partial charge in [0.05, 0.1) is 6.54 Å². The number of aldehydes is 1. The van der Waals surface area contributed by atoms with Gasteiger partial charge in [-0.2, -0.15) is 0 Å². The van der Waals surface area contributed by atoms with Gasteiger partial charge in [0.15, 0.2) is 0 Å². The molecule has 2 atom stereocenters. The van der Waals surface area contributed by atoms with Gasteiger partial charge in [0.1, 0.15) is 12.0 Å². The molecule has 1 N–H and O–H groups in total. The van der Waals surface area contributed by atoms with Gasteiger partial charge in [0.25, 0.3) is 0 Å². The van der Waals surface area contributed by atoms with E-state index in [4.69, 9.17) is 0 Å². The summed E-state index contributed by atoms with van der Waals surface area (Å²) in [5.74, 6) is 1.09. The smallest absolute Gasteiger partial charge is 0.133 e. The Labute approximate surface area is 233 Å². The van der Waals surface area contributed by atoms with Crippen LogP contribution in [0.1, 0.15) is 79.0 Å². The van der Waals surface area contributed by atoms with Crippen molar-refractivity contribution in [3.8, 4) is 5.75 Å². The minimum atomic E-state index is 0.290. The number of fused-ring (bicyclic) bond motifs is 1. The van der Waals surface area contributed by atoms with Crippen LogP contribution in [0.5, 0.6) is 5.75 Å². The van der Waals surface area contributed by atoms with E-state index >= 15 is 0 Å². The third-order valence-corrected chi connectivity index (χ3v) is 9.78. The molecule has 0 saturated carbocycles. The molecule has 0 aromatic heterocycles. The van der Waals surface area contributed by atoms with Crippen molar-refractivity contribution >= 4 is 12.0 Å². The van der Waals surface area contributed by atoms with Gasteiger partial charge in [0.2, 0.25) is 0 Å². The molecule has 3 aromatic rings. The van der Waals surface area contributed by atoms with Crippen LogP contribution in [0.15, 0.2) is 72.8 Å². The molecule has 1 aliphatic carbocycles. The number of rotatable bonds is 5. The highest BCUT2D eigenvalue weighted by Gasteiger charge is 2.36. The summed E-state index contributed by atoms with van der Waals surface area (Å²) in [5.41, 5.74) is 7.14. The van der Waals surface area contributed by atoms with Gasteiger partial charge in [0, 0.05) is 31.2 Å². The van der Waals surface area contributed by atoms with Crippen molar-refractivity contribution in [2.24, 2.45) is 5.41 Å². The zero-order valence-electron chi connectivity index (χ0n) is 23.1. The molecule has 3 aliphatic rings. The lowest BCUT2D eigenvalue weighted by atomic mass is 9.69. The maximum atomic E-state index is 11.1. The molecule has 0 bridgehead atoms. The van der Waals surface area contributed by atoms with Crippen LogP contribution in [0.25, 0.3) is 0 Å². The molecule has 0 amide bonds. The van der Waals surface area contributed by atoms with E-state index < -0.39 is 0 Å². The van der Waals surface area contributed by atoms with Crippen LogP contribution in [0.2, 0.25) is 0 Å². The van der Waals surface area contributed by atoms with Crippen LogP contribution in [0.4, 0.5) is 5.69 Å². The van der Waals surface area contributed by atoms with E-state index in [1.54, 1.807) is 0 Å². The predicted octanol–water partition coefficient (Wildman–Crippen LogP) is 6.92. The molecule has 39 heavy (non-hydrogen) atoms. The topological polar surface area (TPSA) is 43.8 Å². The van der Waals surface area contributed by atoms with Crippen molar-refractivity contribution in [1.29, 1.82) is 0 Å². The maximum Gasteiger partial charge on any atom is 0.133 e. The molecule has 204 valence electrons. The molecule has 4 heteroatoms. The fourth-order valence-electron chi connectivity index (χ4n) is 7.93. The lowest BCUT2D eigenvalue weighted by molar-refractivity contribution is -0.109. The fourth-order valence-corrected chi connectivity index (χ4v) is 7.93. The first-order valence-corrected chi connectivity index (χ1v) is 15.0. The third kappa shape index (κ3) is 5.63. The summed E-state index contributed by atoms with van der Waals surface area (Å²) in [7, 11) is 0. The van der Waals surface area contributed by atoms with Gasteiger partial charge >= 0.3 is 0 Å². The molecule has 0 radical (unpaired) electrons. The minimum absolute atomic E-state index is 0.290. The van der Waals surface area contributed by atoms with Crippen LogP contribution in [0.3, 0.4) is 0 Å². The van der Waals surface area contributed by atoms with Gasteiger partial charge < -0.3 is 14.8 Å². The van der Waals surface area contributed by atoms with E-state index in [-0.39, 0.29) is 0 Å². The number of anilines is 1. The summed E-state index contributed by atoms with van der Waals surface area (Å²) >= 11 is 0. The number of phenols is 1. The zero-order chi connectivity index (χ0) is 26.7. The number of aryl methyl sites for hydroxylation is 1. The van der Waals surface area contributed by atoms with Crippen LogP contribution >= 0.6 is 0 Å².